The van der Waals surface area contributed by atoms with Gasteiger partial charge in [0.15, 0.2) is 0 Å². The lowest BCUT2D eigenvalue weighted by atomic mass is 10.1. The average molecular weight is 276 g/mol. The van der Waals surface area contributed by atoms with Crippen LogP contribution >= 0.6 is 0 Å². The molecule has 1 aromatic rings. The van der Waals surface area contributed by atoms with Gasteiger partial charge in [0.25, 0.3) is 0 Å². The fourth-order valence-corrected chi connectivity index (χ4v) is 2.50. The summed E-state index contributed by atoms with van der Waals surface area (Å²) in [6.45, 7) is 3.21. The summed E-state index contributed by atoms with van der Waals surface area (Å²) >= 11 is 0. The molecule has 20 heavy (non-hydrogen) atoms. The molecule has 0 aliphatic carbocycles. The van der Waals surface area contributed by atoms with Crippen molar-refractivity contribution in [2.24, 2.45) is 5.92 Å². The first-order chi connectivity index (χ1) is 9.58. The van der Waals surface area contributed by atoms with Gasteiger partial charge >= 0.3 is 12.0 Å². The lowest BCUT2D eigenvalue weighted by molar-refractivity contribution is -0.138. The molecule has 1 fully saturated rings. The number of nitrogens with zero attached hydrogens (tertiary/aromatic N) is 1. The highest BCUT2D eigenvalue weighted by atomic mass is 16.4. The van der Waals surface area contributed by atoms with Crippen molar-refractivity contribution in [2.45, 2.75) is 26.2 Å². The van der Waals surface area contributed by atoms with Gasteiger partial charge < -0.3 is 15.3 Å². The summed E-state index contributed by atoms with van der Waals surface area (Å²) in [6, 6.07) is 7.62. The molecule has 1 heterocycles. The predicted octanol–water partition coefficient (Wildman–Crippen LogP) is 2.58. The Kier molecular flexibility index (Phi) is 4.61. The number of aryl methyl sites for hydroxylation is 1. The van der Waals surface area contributed by atoms with Gasteiger partial charge in [0.2, 0.25) is 0 Å². The lowest BCUT2D eigenvalue weighted by Gasteiger charge is -2.17. The van der Waals surface area contributed by atoms with Crippen LogP contribution in [-0.2, 0) is 11.2 Å². The third-order valence-electron chi connectivity index (χ3n) is 3.62. The Morgan fingerprint density at radius 2 is 2.25 bits per heavy atom. The van der Waals surface area contributed by atoms with E-state index >= 15 is 0 Å². The summed E-state index contributed by atoms with van der Waals surface area (Å²) in [4.78, 5) is 24.5. The molecule has 0 saturated carbocycles. The number of carbonyl (C=O) groups excluding carboxylic acids is 1. The fraction of sp³-hybridized carbons (Fsp3) is 0.467. The molecule has 0 aromatic heterocycles. The third kappa shape index (κ3) is 3.73. The first kappa shape index (κ1) is 14.4. The highest BCUT2D eigenvalue weighted by Crippen LogP contribution is 2.21. The summed E-state index contributed by atoms with van der Waals surface area (Å²) in [5, 5.41) is 11.6. The number of nitrogens with one attached hydrogen (secondary N) is 1. The van der Waals surface area contributed by atoms with Crippen LogP contribution in [0.25, 0.3) is 0 Å². The average Bonchev–Trinajstić information content (AvgIpc) is 2.86. The molecule has 1 unspecified atom stereocenters. The predicted molar refractivity (Wildman–Crippen MR) is 76.8 cm³/mol. The van der Waals surface area contributed by atoms with Crippen molar-refractivity contribution in [3.05, 3.63) is 29.8 Å². The Bertz CT molecular complexity index is 502. The van der Waals surface area contributed by atoms with Crippen LogP contribution in [-0.4, -0.2) is 35.1 Å². The second kappa shape index (κ2) is 6.41. The van der Waals surface area contributed by atoms with Gasteiger partial charge in [-0.1, -0.05) is 19.1 Å². The fourth-order valence-electron chi connectivity index (χ4n) is 2.50. The molecule has 2 amide bonds. The molecule has 5 nitrogen and oxygen atoms in total. The summed E-state index contributed by atoms with van der Waals surface area (Å²) < 4.78 is 0. The number of urea groups is 1. The molecule has 1 atom stereocenters. The number of carboxylic acid groups (broad SMARTS) is 1. The SMILES string of the molecule is CCc1cccc(NC(=O)N2CCC(CC(=O)O)C2)c1. The zero-order valence-electron chi connectivity index (χ0n) is 11.6. The number of hydrogen-bond donors (Lipinski definition) is 2. The van der Waals surface area contributed by atoms with Gasteiger partial charge in [-0.15, -0.1) is 0 Å². The number of carboxylic acids is 1. The summed E-state index contributed by atoms with van der Waals surface area (Å²) in [6.07, 6.45) is 1.82. The second-order valence-electron chi connectivity index (χ2n) is 5.18. The molecule has 2 rings (SSSR count). The molecule has 5 heteroatoms. The van der Waals surface area contributed by atoms with E-state index in [1.165, 1.54) is 5.56 Å². The maximum atomic E-state index is 12.1. The van der Waals surface area contributed by atoms with Crippen molar-refractivity contribution in [2.75, 3.05) is 18.4 Å². The van der Waals surface area contributed by atoms with Gasteiger partial charge in [0.1, 0.15) is 0 Å². The van der Waals surface area contributed by atoms with E-state index < -0.39 is 5.97 Å². The highest BCUT2D eigenvalue weighted by molar-refractivity contribution is 5.89. The Morgan fingerprint density at radius 1 is 1.45 bits per heavy atom. The molecule has 0 spiro atoms. The molecule has 2 N–H and O–H groups in total. The molecule has 1 aliphatic rings. The van der Waals surface area contributed by atoms with Crippen molar-refractivity contribution in [3.8, 4) is 0 Å². The van der Waals surface area contributed by atoms with E-state index in [9.17, 15) is 9.59 Å². The highest BCUT2D eigenvalue weighted by Gasteiger charge is 2.27. The van der Waals surface area contributed by atoms with Crippen molar-refractivity contribution >= 4 is 17.7 Å². The molecule has 1 saturated heterocycles. The Balaban J connectivity index is 1.90. The zero-order chi connectivity index (χ0) is 14.5. The molecule has 1 aliphatic heterocycles. The van der Waals surface area contributed by atoms with Crippen LogP contribution in [0.15, 0.2) is 24.3 Å². The van der Waals surface area contributed by atoms with E-state index in [4.69, 9.17) is 5.11 Å². The van der Waals surface area contributed by atoms with E-state index in [1.807, 2.05) is 24.3 Å². The van der Waals surface area contributed by atoms with Gasteiger partial charge in [-0.05, 0) is 36.5 Å². The van der Waals surface area contributed by atoms with Crippen molar-refractivity contribution in [1.82, 2.24) is 4.90 Å². The summed E-state index contributed by atoms with van der Waals surface area (Å²) in [7, 11) is 0. The third-order valence-corrected chi connectivity index (χ3v) is 3.62. The summed E-state index contributed by atoms with van der Waals surface area (Å²) in [5.41, 5.74) is 1.96. The number of aliphatic carboxylic acids is 1. The Morgan fingerprint density at radius 3 is 2.95 bits per heavy atom. The Hall–Kier alpha value is -2.04. The quantitative estimate of drug-likeness (QED) is 0.888. The smallest absolute Gasteiger partial charge is 0.321 e. The number of carbonyl (C=O) groups is 2. The van der Waals surface area contributed by atoms with E-state index in [0.29, 0.717) is 13.1 Å². The van der Waals surface area contributed by atoms with Gasteiger partial charge in [-0.2, -0.15) is 0 Å². The number of amides is 2. The van der Waals surface area contributed by atoms with Crippen LogP contribution in [0.2, 0.25) is 0 Å². The second-order valence-corrected chi connectivity index (χ2v) is 5.18. The van der Waals surface area contributed by atoms with Crippen LogP contribution in [0.4, 0.5) is 10.5 Å². The minimum absolute atomic E-state index is 0.0697. The monoisotopic (exact) mass is 276 g/mol. The van der Waals surface area contributed by atoms with Crippen LogP contribution in [0, 0.1) is 5.92 Å². The molecular weight excluding hydrogens is 256 g/mol. The maximum absolute atomic E-state index is 12.1. The molecule has 108 valence electrons. The maximum Gasteiger partial charge on any atom is 0.321 e. The minimum Gasteiger partial charge on any atom is -0.481 e. The number of rotatable bonds is 4. The molecule has 1 aromatic carbocycles. The first-order valence-corrected chi connectivity index (χ1v) is 6.95. The lowest BCUT2D eigenvalue weighted by Crippen LogP contribution is -2.33. The van der Waals surface area contributed by atoms with E-state index in [-0.39, 0.29) is 18.4 Å². The molecular formula is C15H20N2O3. The normalized spacial score (nSPS) is 18.1. The van der Waals surface area contributed by atoms with E-state index in [0.717, 1.165) is 18.5 Å². The van der Waals surface area contributed by atoms with E-state index in [2.05, 4.69) is 12.2 Å². The zero-order valence-corrected chi connectivity index (χ0v) is 11.6. The van der Waals surface area contributed by atoms with Gasteiger partial charge in [-0.3, -0.25) is 4.79 Å². The van der Waals surface area contributed by atoms with Gasteiger partial charge in [0, 0.05) is 25.2 Å². The van der Waals surface area contributed by atoms with Crippen LogP contribution in [0.1, 0.15) is 25.3 Å². The summed E-state index contributed by atoms with van der Waals surface area (Å²) in [5.74, 6) is -0.729. The number of benzene rings is 1. The standard InChI is InChI=1S/C15H20N2O3/c1-2-11-4-3-5-13(8-11)16-15(20)17-7-6-12(10-17)9-14(18)19/h3-5,8,12H,2,6-7,9-10H2,1H3,(H,16,20)(H,18,19). The van der Waals surface area contributed by atoms with Crippen molar-refractivity contribution in [3.63, 3.8) is 0 Å². The largest absolute Gasteiger partial charge is 0.481 e. The van der Waals surface area contributed by atoms with E-state index in [1.54, 1.807) is 4.90 Å². The number of hydrogen-bond acceptors (Lipinski definition) is 2. The first-order valence-electron chi connectivity index (χ1n) is 6.95. The van der Waals surface area contributed by atoms with Crippen molar-refractivity contribution in [1.29, 1.82) is 0 Å². The van der Waals surface area contributed by atoms with Crippen LogP contribution in [0.5, 0.6) is 0 Å². The minimum atomic E-state index is -0.798. The number of anilines is 1. The van der Waals surface area contributed by atoms with Gasteiger partial charge in [0.05, 0.1) is 0 Å². The Labute approximate surface area is 118 Å². The van der Waals surface area contributed by atoms with Crippen LogP contribution in [0.3, 0.4) is 0 Å². The topological polar surface area (TPSA) is 69.6 Å². The van der Waals surface area contributed by atoms with Crippen LogP contribution < -0.4 is 5.32 Å². The molecule has 0 radical (unpaired) electrons. The molecule has 0 bridgehead atoms. The van der Waals surface area contributed by atoms with Crippen molar-refractivity contribution < 1.29 is 14.7 Å². The van der Waals surface area contributed by atoms with Gasteiger partial charge in [-0.25, -0.2) is 4.79 Å². The number of likely N-dealkylation sites (tertiary alicyclic amines) is 1.